The number of benzene rings is 1. The predicted octanol–water partition coefficient (Wildman–Crippen LogP) is 2.61. The van der Waals surface area contributed by atoms with E-state index in [2.05, 4.69) is 14.8 Å². The molecule has 124 valence electrons. The van der Waals surface area contributed by atoms with Crippen molar-refractivity contribution >= 4 is 21.6 Å². The summed E-state index contributed by atoms with van der Waals surface area (Å²) in [5.74, 6) is 0. The average molecular weight is 363 g/mol. The van der Waals surface area contributed by atoms with Crippen molar-refractivity contribution in [3.05, 3.63) is 65.7 Å². The molecule has 0 saturated carbocycles. The summed E-state index contributed by atoms with van der Waals surface area (Å²) in [6.45, 7) is 0.120. The minimum Gasteiger partial charge on any atom is -0.275 e. The van der Waals surface area contributed by atoms with Gasteiger partial charge in [-0.3, -0.25) is 9.67 Å². The molecule has 0 aliphatic heterocycles. The molecule has 0 aliphatic rings. The molecule has 2 aromatic heterocycles. The molecule has 24 heavy (non-hydrogen) atoms. The van der Waals surface area contributed by atoms with Gasteiger partial charge in [0.2, 0.25) is 10.0 Å². The number of nitrogens with one attached hydrogen (secondary N) is 1. The van der Waals surface area contributed by atoms with Crippen LogP contribution in [-0.2, 0) is 23.6 Å². The van der Waals surface area contributed by atoms with Gasteiger partial charge in [0.1, 0.15) is 4.90 Å². The van der Waals surface area contributed by atoms with Crippen molar-refractivity contribution in [2.75, 3.05) is 0 Å². The Kier molecular flexibility index (Phi) is 4.66. The summed E-state index contributed by atoms with van der Waals surface area (Å²) in [5.41, 5.74) is 2.53. The van der Waals surface area contributed by atoms with Gasteiger partial charge >= 0.3 is 0 Å². The van der Waals surface area contributed by atoms with E-state index in [4.69, 9.17) is 11.6 Å². The van der Waals surface area contributed by atoms with Crippen molar-refractivity contribution in [2.45, 2.75) is 11.4 Å². The Morgan fingerprint density at radius 2 is 1.96 bits per heavy atom. The first-order valence-corrected chi connectivity index (χ1v) is 8.99. The third kappa shape index (κ3) is 3.64. The van der Waals surface area contributed by atoms with Crippen LogP contribution in [0.15, 0.2) is 60.0 Å². The average Bonchev–Trinajstić information content (AvgIpc) is 3.00. The smallest absolute Gasteiger partial charge is 0.242 e. The summed E-state index contributed by atoms with van der Waals surface area (Å²) in [6.07, 6.45) is 6.93. The number of hydrogen-bond donors (Lipinski definition) is 1. The van der Waals surface area contributed by atoms with E-state index in [1.165, 1.54) is 6.07 Å². The van der Waals surface area contributed by atoms with Gasteiger partial charge in [-0.25, -0.2) is 13.1 Å². The van der Waals surface area contributed by atoms with E-state index in [1.54, 1.807) is 41.5 Å². The zero-order valence-electron chi connectivity index (χ0n) is 12.8. The topological polar surface area (TPSA) is 76.9 Å². The molecule has 0 amide bonds. The van der Waals surface area contributed by atoms with Crippen LogP contribution >= 0.6 is 11.6 Å². The normalized spacial score (nSPS) is 11.6. The lowest BCUT2D eigenvalue weighted by Crippen LogP contribution is -2.23. The Labute approximate surface area is 145 Å². The van der Waals surface area contributed by atoms with Gasteiger partial charge in [0.15, 0.2) is 0 Å². The van der Waals surface area contributed by atoms with Crippen LogP contribution < -0.4 is 4.72 Å². The highest BCUT2D eigenvalue weighted by molar-refractivity contribution is 7.89. The first-order valence-electron chi connectivity index (χ1n) is 7.13. The van der Waals surface area contributed by atoms with Gasteiger partial charge in [-0.1, -0.05) is 23.7 Å². The molecule has 0 aliphatic carbocycles. The Morgan fingerprint density at radius 1 is 1.17 bits per heavy atom. The van der Waals surface area contributed by atoms with E-state index in [1.807, 2.05) is 19.3 Å². The number of aryl methyl sites for hydroxylation is 1. The fraction of sp³-hybridized carbons (Fsp3) is 0.125. The molecule has 2 heterocycles. The number of pyridine rings is 1. The molecule has 3 aromatic rings. The number of aromatic nitrogens is 3. The summed E-state index contributed by atoms with van der Waals surface area (Å²) in [5, 5.41) is 4.31. The lowest BCUT2D eigenvalue weighted by Gasteiger charge is -2.08. The Bertz CT molecular complexity index is 969. The fourth-order valence-corrected chi connectivity index (χ4v) is 3.77. The number of halogens is 1. The highest BCUT2D eigenvalue weighted by atomic mass is 35.5. The van der Waals surface area contributed by atoms with Crippen LogP contribution in [0.4, 0.5) is 0 Å². The van der Waals surface area contributed by atoms with E-state index in [0.717, 1.165) is 16.7 Å². The summed E-state index contributed by atoms with van der Waals surface area (Å²) >= 11 is 5.96. The molecule has 0 atom stereocenters. The molecular weight excluding hydrogens is 348 g/mol. The molecule has 1 N–H and O–H groups in total. The van der Waals surface area contributed by atoms with Gasteiger partial charge in [0.05, 0.1) is 11.2 Å². The van der Waals surface area contributed by atoms with Crippen molar-refractivity contribution in [3.63, 3.8) is 0 Å². The van der Waals surface area contributed by atoms with Gasteiger partial charge in [-0.05, 0) is 23.8 Å². The Hall–Kier alpha value is -2.22. The van der Waals surface area contributed by atoms with Crippen LogP contribution in [0, 0.1) is 0 Å². The van der Waals surface area contributed by atoms with Crippen molar-refractivity contribution in [3.8, 4) is 11.1 Å². The van der Waals surface area contributed by atoms with E-state index in [0.29, 0.717) is 0 Å². The van der Waals surface area contributed by atoms with E-state index >= 15 is 0 Å². The van der Waals surface area contributed by atoms with Crippen molar-refractivity contribution in [2.24, 2.45) is 7.05 Å². The molecule has 0 unspecified atom stereocenters. The van der Waals surface area contributed by atoms with Crippen LogP contribution in [0.2, 0.25) is 5.02 Å². The quantitative estimate of drug-likeness (QED) is 0.756. The molecule has 0 spiro atoms. The molecular formula is C16H15ClN4O2S. The maximum atomic E-state index is 12.4. The summed E-state index contributed by atoms with van der Waals surface area (Å²) in [4.78, 5) is 4.22. The first kappa shape index (κ1) is 16.6. The lowest BCUT2D eigenvalue weighted by molar-refractivity contribution is 0.581. The number of nitrogens with zero attached hydrogens (tertiary/aromatic N) is 3. The molecule has 3 rings (SSSR count). The summed E-state index contributed by atoms with van der Waals surface area (Å²) < 4.78 is 29.0. The second kappa shape index (κ2) is 6.72. The standard InChI is InChI=1S/C16H15ClN4O2S/c1-21-11-14(10-19-21)13-6-12(7-18-9-13)8-20-24(22,23)16-5-3-2-4-15(16)17/h2-7,9-11,20H,8H2,1H3. The van der Waals surface area contributed by atoms with Crippen molar-refractivity contribution in [1.29, 1.82) is 0 Å². The van der Waals surface area contributed by atoms with Crippen LogP contribution in [-0.4, -0.2) is 23.2 Å². The first-order chi connectivity index (χ1) is 11.5. The fourth-order valence-electron chi connectivity index (χ4n) is 2.23. The molecule has 1 aromatic carbocycles. The third-order valence-corrected chi connectivity index (χ3v) is 5.33. The third-order valence-electron chi connectivity index (χ3n) is 3.43. The summed E-state index contributed by atoms with van der Waals surface area (Å²) in [6, 6.07) is 8.20. The number of sulfonamides is 1. The van der Waals surface area contributed by atoms with Gasteiger partial charge in [0.25, 0.3) is 0 Å². The second-order valence-corrected chi connectivity index (χ2v) is 7.38. The maximum Gasteiger partial charge on any atom is 0.242 e. The maximum absolute atomic E-state index is 12.4. The minimum atomic E-state index is -3.69. The van der Waals surface area contributed by atoms with Crippen LogP contribution in [0.25, 0.3) is 11.1 Å². The highest BCUT2D eigenvalue weighted by Gasteiger charge is 2.17. The predicted molar refractivity (Wildman–Crippen MR) is 91.9 cm³/mol. The largest absolute Gasteiger partial charge is 0.275 e. The minimum absolute atomic E-state index is 0.0584. The van der Waals surface area contributed by atoms with Crippen molar-refractivity contribution in [1.82, 2.24) is 19.5 Å². The van der Waals surface area contributed by atoms with E-state index in [-0.39, 0.29) is 16.5 Å². The molecule has 0 radical (unpaired) electrons. The van der Waals surface area contributed by atoms with E-state index < -0.39 is 10.0 Å². The van der Waals surface area contributed by atoms with Crippen LogP contribution in [0.5, 0.6) is 0 Å². The van der Waals surface area contributed by atoms with Crippen molar-refractivity contribution < 1.29 is 8.42 Å². The zero-order chi connectivity index (χ0) is 17.2. The van der Waals surface area contributed by atoms with Gasteiger partial charge in [0, 0.05) is 43.3 Å². The van der Waals surface area contributed by atoms with Gasteiger partial charge < -0.3 is 0 Å². The molecule has 0 fully saturated rings. The summed E-state index contributed by atoms with van der Waals surface area (Å²) in [7, 11) is -1.86. The lowest BCUT2D eigenvalue weighted by atomic mass is 10.1. The SMILES string of the molecule is Cn1cc(-c2cncc(CNS(=O)(=O)c3ccccc3Cl)c2)cn1. The zero-order valence-corrected chi connectivity index (χ0v) is 14.4. The van der Waals surface area contributed by atoms with Crippen LogP contribution in [0.3, 0.4) is 0 Å². The Morgan fingerprint density at radius 3 is 2.67 bits per heavy atom. The van der Waals surface area contributed by atoms with Gasteiger partial charge in [-0.15, -0.1) is 0 Å². The van der Waals surface area contributed by atoms with Crippen LogP contribution in [0.1, 0.15) is 5.56 Å². The molecule has 8 heteroatoms. The molecule has 0 saturated heterocycles. The number of hydrogen-bond acceptors (Lipinski definition) is 4. The molecule has 0 bridgehead atoms. The Balaban J connectivity index is 1.79. The highest BCUT2D eigenvalue weighted by Crippen LogP contribution is 2.21. The molecule has 6 nitrogen and oxygen atoms in total. The monoisotopic (exact) mass is 362 g/mol. The van der Waals surface area contributed by atoms with Gasteiger partial charge in [-0.2, -0.15) is 5.10 Å². The number of rotatable bonds is 5. The van der Waals surface area contributed by atoms with E-state index in [9.17, 15) is 8.42 Å². The second-order valence-electron chi connectivity index (χ2n) is 5.24.